The Balaban J connectivity index is 1.71. The van der Waals surface area contributed by atoms with E-state index in [1.807, 2.05) is 0 Å². The molecule has 3 rings (SSSR count). The third kappa shape index (κ3) is 3.14. The van der Waals surface area contributed by atoms with Crippen LogP contribution in [0.1, 0.15) is 36.2 Å². The summed E-state index contributed by atoms with van der Waals surface area (Å²) in [5, 5.41) is 6.68. The molecule has 2 aromatic rings. The fourth-order valence-corrected chi connectivity index (χ4v) is 2.73. The average Bonchev–Trinajstić information content (AvgIpc) is 3.10. The van der Waals surface area contributed by atoms with Crippen molar-refractivity contribution in [3.05, 3.63) is 30.5 Å². The van der Waals surface area contributed by atoms with Gasteiger partial charge in [0.15, 0.2) is 5.69 Å². The van der Waals surface area contributed by atoms with Crippen molar-refractivity contribution in [2.24, 2.45) is 0 Å². The van der Waals surface area contributed by atoms with Crippen LogP contribution in [-0.4, -0.2) is 40.3 Å². The Morgan fingerprint density at radius 2 is 2.05 bits per heavy atom. The zero-order chi connectivity index (χ0) is 15.4. The summed E-state index contributed by atoms with van der Waals surface area (Å²) in [5.74, 6) is -0.217. The molecule has 1 aliphatic carbocycles. The maximum absolute atomic E-state index is 12.5. The molecular formula is C15H18N4O3. The maximum Gasteiger partial charge on any atom is 0.272 e. The molecule has 0 atom stereocenters. The van der Waals surface area contributed by atoms with Crippen LogP contribution in [-0.2, 0) is 4.74 Å². The number of rotatable bonds is 4. The highest BCUT2D eigenvalue weighted by Crippen LogP contribution is 2.22. The minimum absolute atomic E-state index is 0.149. The SMILES string of the molecule is COC1CCC(NC(=O)c2nccnc2-c2cnoc2)CC1. The minimum atomic E-state index is -0.217. The molecule has 1 fully saturated rings. The van der Waals surface area contributed by atoms with Crippen molar-refractivity contribution in [1.82, 2.24) is 20.4 Å². The van der Waals surface area contributed by atoms with E-state index in [-0.39, 0.29) is 11.9 Å². The van der Waals surface area contributed by atoms with Crippen LogP contribution in [0.15, 0.2) is 29.4 Å². The largest absolute Gasteiger partial charge is 0.381 e. The molecule has 2 heterocycles. The van der Waals surface area contributed by atoms with Crippen molar-refractivity contribution in [2.45, 2.75) is 37.8 Å². The molecule has 1 N–H and O–H groups in total. The van der Waals surface area contributed by atoms with Crippen molar-refractivity contribution >= 4 is 5.91 Å². The lowest BCUT2D eigenvalue weighted by molar-refractivity contribution is 0.0598. The number of nitrogens with one attached hydrogen (secondary N) is 1. The number of carbonyl (C=O) groups excluding carboxylic acids is 1. The average molecular weight is 302 g/mol. The zero-order valence-corrected chi connectivity index (χ0v) is 12.4. The first kappa shape index (κ1) is 14.6. The van der Waals surface area contributed by atoms with Gasteiger partial charge in [-0.1, -0.05) is 5.16 Å². The Hall–Kier alpha value is -2.28. The molecule has 0 aliphatic heterocycles. The molecule has 0 aromatic carbocycles. The lowest BCUT2D eigenvalue weighted by Gasteiger charge is -2.28. The summed E-state index contributed by atoms with van der Waals surface area (Å²) in [4.78, 5) is 20.9. The van der Waals surface area contributed by atoms with Crippen molar-refractivity contribution in [2.75, 3.05) is 7.11 Å². The van der Waals surface area contributed by atoms with Gasteiger partial charge in [0, 0.05) is 25.5 Å². The van der Waals surface area contributed by atoms with Gasteiger partial charge in [-0.05, 0) is 25.7 Å². The third-order valence-electron chi connectivity index (χ3n) is 3.96. The highest BCUT2D eigenvalue weighted by Gasteiger charge is 2.24. The van der Waals surface area contributed by atoms with Crippen molar-refractivity contribution < 1.29 is 14.1 Å². The van der Waals surface area contributed by atoms with Gasteiger partial charge in [0.2, 0.25) is 0 Å². The Bertz CT molecular complexity index is 621. The summed E-state index contributed by atoms with van der Waals surface area (Å²) in [6, 6.07) is 0.149. The molecule has 1 aliphatic rings. The quantitative estimate of drug-likeness (QED) is 0.926. The Kier molecular flexibility index (Phi) is 4.43. The number of hydrogen-bond acceptors (Lipinski definition) is 6. The van der Waals surface area contributed by atoms with Gasteiger partial charge in [-0.3, -0.25) is 9.78 Å². The van der Waals surface area contributed by atoms with E-state index < -0.39 is 0 Å². The monoisotopic (exact) mass is 302 g/mol. The van der Waals surface area contributed by atoms with E-state index in [9.17, 15) is 4.79 Å². The number of hydrogen-bond donors (Lipinski definition) is 1. The molecule has 0 bridgehead atoms. The van der Waals surface area contributed by atoms with E-state index in [0.29, 0.717) is 23.1 Å². The lowest BCUT2D eigenvalue weighted by Crippen LogP contribution is -2.39. The van der Waals surface area contributed by atoms with Crippen LogP contribution < -0.4 is 5.32 Å². The molecule has 116 valence electrons. The predicted octanol–water partition coefficient (Wildman–Crippen LogP) is 1.82. The van der Waals surface area contributed by atoms with Gasteiger partial charge in [-0.25, -0.2) is 4.98 Å². The van der Waals surface area contributed by atoms with Gasteiger partial charge >= 0.3 is 0 Å². The number of ether oxygens (including phenoxy) is 1. The van der Waals surface area contributed by atoms with Crippen LogP contribution in [0, 0.1) is 0 Å². The van der Waals surface area contributed by atoms with Crippen LogP contribution in [0.25, 0.3) is 11.3 Å². The van der Waals surface area contributed by atoms with E-state index >= 15 is 0 Å². The summed E-state index contributed by atoms with van der Waals surface area (Å²) in [6.45, 7) is 0. The molecule has 7 nitrogen and oxygen atoms in total. The fraction of sp³-hybridized carbons (Fsp3) is 0.467. The number of aromatic nitrogens is 3. The lowest BCUT2D eigenvalue weighted by atomic mass is 9.93. The van der Waals surface area contributed by atoms with Gasteiger partial charge in [0.1, 0.15) is 12.0 Å². The second kappa shape index (κ2) is 6.65. The standard InChI is InChI=1S/C15H18N4O3/c1-21-12-4-2-11(3-5-12)19-15(20)14-13(16-6-7-17-14)10-8-18-22-9-10/h6-9,11-12H,2-5H2,1H3,(H,19,20). The number of methoxy groups -OCH3 is 1. The molecule has 1 amide bonds. The summed E-state index contributed by atoms with van der Waals surface area (Å²) in [7, 11) is 1.73. The highest BCUT2D eigenvalue weighted by molar-refractivity contribution is 5.97. The van der Waals surface area contributed by atoms with Gasteiger partial charge in [0.05, 0.1) is 17.9 Å². The van der Waals surface area contributed by atoms with Crippen LogP contribution >= 0.6 is 0 Å². The zero-order valence-electron chi connectivity index (χ0n) is 12.4. The Morgan fingerprint density at radius 1 is 1.27 bits per heavy atom. The van der Waals surface area contributed by atoms with E-state index in [1.54, 1.807) is 13.3 Å². The summed E-state index contributed by atoms with van der Waals surface area (Å²) < 4.78 is 10.2. The van der Waals surface area contributed by atoms with E-state index in [1.165, 1.54) is 18.7 Å². The second-order valence-electron chi connectivity index (χ2n) is 5.35. The number of nitrogens with zero attached hydrogens (tertiary/aromatic N) is 3. The van der Waals surface area contributed by atoms with Crippen LogP contribution in [0.4, 0.5) is 0 Å². The molecular weight excluding hydrogens is 284 g/mol. The fourth-order valence-electron chi connectivity index (χ4n) is 2.73. The predicted molar refractivity (Wildman–Crippen MR) is 78.0 cm³/mol. The third-order valence-corrected chi connectivity index (χ3v) is 3.96. The first-order chi connectivity index (χ1) is 10.8. The van der Waals surface area contributed by atoms with Crippen molar-refractivity contribution in [3.63, 3.8) is 0 Å². The van der Waals surface area contributed by atoms with Gasteiger partial charge < -0.3 is 14.6 Å². The normalized spacial score (nSPS) is 21.5. The van der Waals surface area contributed by atoms with E-state index in [4.69, 9.17) is 9.26 Å². The number of carbonyl (C=O) groups is 1. The van der Waals surface area contributed by atoms with Crippen molar-refractivity contribution in [3.8, 4) is 11.3 Å². The first-order valence-electron chi connectivity index (χ1n) is 7.32. The molecule has 0 saturated heterocycles. The summed E-state index contributed by atoms with van der Waals surface area (Å²) in [6.07, 6.45) is 10.1. The van der Waals surface area contributed by atoms with E-state index in [2.05, 4.69) is 20.4 Å². The first-order valence-corrected chi connectivity index (χ1v) is 7.32. The van der Waals surface area contributed by atoms with E-state index in [0.717, 1.165) is 25.7 Å². The molecule has 0 radical (unpaired) electrons. The Labute approximate surface area is 128 Å². The van der Waals surface area contributed by atoms with Gasteiger partial charge in [0.25, 0.3) is 5.91 Å². The molecule has 0 spiro atoms. The summed E-state index contributed by atoms with van der Waals surface area (Å²) >= 11 is 0. The van der Waals surface area contributed by atoms with Crippen LogP contribution in [0.3, 0.4) is 0 Å². The minimum Gasteiger partial charge on any atom is -0.381 e. The molecule has 2 aromatic heterocycles. The molecule has 22 heavy (non-hydrogen) atoms. The van der Waals surface area contributed by atoms with Gasteiger partial charge in [-0.15, -0.1) is 0 Å². The Morgan fingerprint density at radius 3 is 2.73 bits per heavy atom. The highest BCUT2D eigenvalue weighted by atomic mass is 16.5. The number of amides is 1. The molecule has 7 heteroatoms. The summed E-state index contributed by atoms with van der Waals surface area (Å²) in [5.41, 5.74) is 1.41. The van der Waals surface area contributed by atoms with Crippen LogP contribution in [0.5, 0.6) is 0 Å². The maximum atomic E-state index is 12.5. The molecule has 0 unspecified atom stereocenters. The topological polar surface area (TPSA) is 90.1 Å². The smallest absolute Gasteiger partial charge is 0.272 e. The molecule has 1 saturated carbocycles. The van der Waals surface area contributed by atoms with Gasteiger partial charge in [-0.2, -0.15) is 0 Å². The second-order valence-corrected chi connectivity index (χ2v) is 5.35. The van der Waals surface area contributed by atoms with Crippen molar-refractivity contribution in [1.29, 1.82) is 0 Å². The van der Waals surface area contributed by atoms with Crippen LogP contribution in [0.2, 0.25) is 0 Å².